The van der Waals surface area contributed by atoms with Crippen molar-refractivity contribution in [2.45, 2.75) is 153 Å². The number of alkyl carbamates (subject to hydrolysis) is 8. The molecular formula is C52H104N14O16. The van der Waals surface area contributed by atoms with Crippen LogP contribution in [0.3, 0.4) is 0 Å². The number of nitrogens with one attached hydrogen (secondary N) is 14. The van der Waals surface area contributed by atoms with Crippen LogP contribution in [0.5, 0.6) is 0 Å². The minimum atomic E-state index is -1.26. The molecule has 0 aromatic heterocycles. The number of carbonyl (C=O) groups excluding carboxylic acids is 8. The highest BCUT2D eigenvalue weighted by Gasteiger charge is 2.35. The highest BCUT2D eigenvalue weighted by molar-refractivity contribution is 5.70. The highest BCUT2D eigenvalue weighted by Crippen LogP contribution is 2.26. The maximum Gasteiger partial charge on any atom is 0.407 e. The second-order valence-corrected chi connectivity index (χ2v) is 19.3. The van der Waals surface area contributed by atoms with Crippen molar-refractivity contribution in [1.29, 1.82) is 0 Å². The summed E-state index contributed by atoms with van der Waals surface area (Å²) in [5.74, 6) is 0. The molecule has 0 saturated heterocycles. The lowest BCUT2D eigenvalue weighted by molar-refractivity contribution is -0.0272. The van der Waals surface area contributed by atoms with E-state index >= 15 is 0 Å². The normalized spacial score (nSPS) is 13.8. The monoisotopic (exact) mass is 1180 g/mol. The molecule has 8 atom stereocenters. The van der Waals surface area contributed by atoms with E-state index in [4.69, 9.17) is 37.9 Å². The van der Waals surface area contributed by atoms with Crippen LogP contribution < -0.4 is 74.4 Å². The quantitative estimate of drug-likeness (QED) is 0.0305. The van der Waals surface area contributed by atoms with Crippen LogP contribution in [-0.4, -0.2) is 232 Å². The lowest BCUT2D eigenvalue weighted by Gasteiger charge is -2.31. The van der Waals surface area contributed by atoms with Gasteiger partial charge in [-0.05, 0) is 133 Å². The van der Waals surface area contributed by atoms with E-state index in [1.54, 1.807) is 56.1 Å². The molecule has 0 aliphatic heterocycles. The van der Waals surface area contributed by atoms with Crippen LogP contribution in [0, 0.1) is 0 Å². The molecule has 82 heavy (non-hydrogen) atoms. The van der Waals surface area contributed by atoms with Gasteiger partial charge in [0.2, 0.25) is 0 Å². The van der Waals surface area contributed by atoms with Gasteiger partial charge >= 0.3 is 48.7 Å². The number of hydrogen-bond donors (Lipinski definition) is 14. The van der Waals surface area contributed by atoms with Crippen LogP contribution >= 0.6 is 0 Å². The van der Waals surface area contributed by atoms with Crippen molar-refractivity contribution in [2.24, 2.45) is 0 Å². The second-order valence-electron chi connectivity index (χ2n) is 19.3. The first-order chi connectivity index (χ1) is 39.5. The molecule has 0 aromatic carbocycles. The molecule has 14 N–H and O–H groups in total. The second kappa shape index (κ2) is 50.6. The lowest BCUT2D eigenvalue weighted by Crippen LogP contribution is -2.42. The summed E-state index contributed by atoms with van der Waals surface area (Å²) >= 11 is 0. The Hall–Kier alpha value is -6.08. The number of amides is 8. The molecule has 0 aromatic rings. The predicted molar refractivity (Wildman–Crippen MR) is 308 cm³/mol. The van der Waals surface area contributed by atoms with Gasteiger partial charge in [-0.15, -0.1) is 0 Å². The topological polar surface area (TPSA) is 379 Å². The standard InChI is InChI=1S/C52H104N14O16/c1-11-38(76-46(68)60-10)31-40(78-48(70)62-25-13-19-54-4)33-42(80-50(72)64-27-15-21-56-6)35-44(82-52(74)66-29-17-23-58-8)36-43(81-51(73)65-28-16-22-57-7)34-41(79-49(71)63-26-14-20-55-5)32-39(30-37(2)75-45(67)59-9)77-47(69)61-24-12-18-53-3/h37-44,53-58H,11-36H2,1-10H3,(H,59,67)(H,60,68)(H,61,69)(H,62,70)(H,63,71)(H,64,72)(H,65,73)(H,66,74). The number of carbonyl (C=O) groups is 8. The summed E-state index contributed by atoms with van der Waals surface area (Å²) in [7, 11) is 13.4. The number of rotatable bonds is 47. The molecular weight excluding hydrogens is 1080 g/mol. The van der Waals surface area contributed by atoms with Crippen molar-refractivity contribution in [1.82, 2.24) is 74.4 Å². The molecule has 0 spiro atoms. The van der Waals surface area contributed by atoms with E-state index in [-0.39, 0.29) is 84.2 Å². The van der Waals surface area contributed by atoms with Crippen molar-refractivity contribution >= 4 is 48.7 Å². The van der Waals surface area contributed by atoms with Crippen LogP contribution in [0.2, 0.25) is 0 Å². The molecule has 478 valence electrons. The van der Waals surface area contributed by atoms with Gasteiger partial charge in [0.1, 0.15) is 48.8 Å². The van der Waals surface area contributed by atoms with Gasteiger partial charge in [-0.1, -0.05) is 6.92 Å². The van der Waals surface area contributed by atoms with E-state index in [0.29, 0.717) is 84.2 Å². The van der Waals surface area contributed by atoms with Gasteiger partial charge in [0.05, 0.1) is 0 Å². The predicted octanol–water partition coefficient (Wildman–Crippen LogP) is 1.82. The largest absolute Gasteiger partial charge is 0.446 e. The first-order valence-corrected chi connectivity index (χ1v) is 28.8. The van der Waals surface area contributed by atoms with Gasteiger partial charge in [-0.25, -0.2) is 38.4 Å². The van der Waals surface area contributed by atoms with Gasteiger partial charge in [0.15, 0.2) is 0 Å². The molecule has 0 aliphatic rings. The third-order valence-corrected chi connectivity index (χ3v) is 12.1. The third kappa shape index (κ3) is 42.7. The maximum absolute atomic E-state index is 13.8. The van der Waals surface area contributed by atoms with Crippen molar-refractivity contribution in [2.75, 3.05) is 135 Å². The molecule has 0 aliphatic carbocycles. The van der Waals surface area contributed by atoms with Gasteiger partial charge in [-0.3, -0.25) is 0 Å². The first kappa shape index (κ1) is 75.9. The van der Waals surface area contributed by atoms with E-state index < -0.39 is 97.6 Å². The van der Waals surface area contributed by atoms with Crippen molar-refractivity contribution in [3.05, 3.63) is 0 Å². The zero-order valence-corrected chi connectivity index (χ0v) is 50.5. The summed E-state index contributed by atoms with van der Waals surface area (Å²) in [5, 5.41) is 39.3. The zero-order chi connectivity index (χ0) is 61.2. The minimum absolute atomic E-state index is 0.0333. The molecule has 0 saturated carbocycles. The molecule has 0 rings (SSSR count). The Kier molecular flexibility index (Phi) is 46.9. The number of ether oxygens (including phenoxy) is 8. The minimum Gasteiger partial charge on any atom is -0.446 e. The van der Waals surface area contributed by atoms with E-state index in [1.165, 1.54) is 14.1 Å². The van der Waals surface area contributed by atoms with Gasteiger partial charge in [0, 0.05) is 98.3 Å². The smallest absolute Gasteiger partial charge is 0.407 e. The van der Waals surface area contributed by atoms with Crippen LogP contribution in [0.1, 0.15) is 104 Å². The third-order valence-electron chi connectivity index (χ3n) is 12.1. The molecule has 0 radical (unpaired) electrons. The Morgan fingerprint density at radius 2 is 0.463 bits per heavy atom. The summed E-state index contributed by atoms with van der Waals surface area (Å²) < 4.78 is 47.4. The average Bonchev–Trinajstić information content (AvgIpc) is 3.46. The van der Waals surface area contributed by atoms with Crippen molar-refractivity contribution < 1.29 is 76.3 Å². The Labute approximate surface area is 485 Å². The van der Waals surface area contributed by atoms with E-state index in [0.717, 1.165) is 0 Å². The van der Waals surface area contributed by atoms with Gasteiger partial charge in [0.25, 0.3) is 0 Å². The molecule has 8 amide bonds. The summed E-state index contributed by atoms with van der Waals surface area (Å²) in [6.07, 6.45) is -12.8. The fraction of sp³-hybridized carbons (Fsp3) is 0.846. The molecule has 0 heterocycles. The van der Waals surface area contributed by atoms with Crippen LogP contribution in [0.25, 0.3) is 0 Å². The van der Waals surface area contributed by atoms with Crippen molar-refractivity contribution in [3.8, 4) is 0 Å². The first-order valence-electron chi connectivity index (χ1n) is 28.8. The fourth-order valence-electron chi connectivity index (χ4n) is 7.97. The van der Waals surface area contributed by atoms with Gasteiger partial charge in [-0.2, -0.15) is 0 Å². The summed E-state index contributed by atoms with van der Waals surface area (Å²) in [6.45, 7) is 8.27. The van der Waals surface area contributed by atoms with Gasteiger partial charge < -0.3 is 112 Å². The molecule has 0 bridgehead atoms. The zero-order valence-electron chi connectivity index (χ0n) is 50.5. The van der Waals surface area contributed by atoms with E-state index in [9.17, 15) is 38.4 Å². The summed E-state index contributed by atoms with van der Waals surface area (Å²) in [4.78, 5) is 106. The van der Waals surface area contributed by atoms with E-state index in [1.807, 2.05) is 0 Å². The Balaban J connectivity index is 7.94. The molecule has 8 unspecified atom stereocenters. The highest BCUT2D eigenvalue weighted by atomic mass is 16.6. The maximum atomic E-state index is 13.8. The molecule has 30 nitrogen and oxygen atoms in total. The van der Waals surface area contributed by atoms with Crippen LogP contribution in [0.15, 0.2) is 0 Å². The SMILES string of the molecule is CCC(CC(CC(CC(CC(CC(CC(CC(C)OC(=O)NC)OC(=O)NCCCNC)OC(=O)NCCCNC)OC(=O)NCCCNC)OC(=O)NCCCNC)OC(=O)NCCCNC)OC(=O)NCCCNC)OC(=O)NC. The average molecular weight is 1180 g/mol. The Bertz CT molecular complexity index is 1730. The van der Waals surface area contributed by atoms with Crippen molar-refractivity contribution in [3.63, 3.8) is 0 Å². The Morgan fingerprint density at radius 3 is 0.671 bits per heavy atom. The Morgan fingerprint density at radius 1 is 0.268 bits per heavy atom. The molecule has 0 fully saturated rings. The van der Waals surface area contributed by atoms with Crippen LogP contribution in [-0.2, 0) is 37.9 Å². The fourth-order valence-corrected chi connectivity index (χ4v) is 7.97. The molecule has 30 heteroatoms. The van der Waals surface area contributed by atoms with Crippen LogP contribution in [0.4, 0.5) is 38.4 Å². The summed E-state index contributed by atoms with van der Waals surface area (Å²) in [5.41, 5.74) is 0. The van der Waals surface area contributed by atoms with E-state index in [2.05, 4.69) is 74.4 Å². The summed E-state index contributed by atoms with van der Waals surface area (Å²) in [6, 6.07) is 0. The number of hydrogen-bond acceptors (Lipinski definition) is 22. The lowest BCUT2D eigenvalue weighted by atomic mass is 9.95.